The summed E-state index contributed by atoms with van der Waals surface area (Å²) in [5, 5.41) is 12.9. The summed E-state index contributed by atoms with van der Waals surface area (Å²) >= 11 is 0. The predicted octanol–water partition coefficient (Wildman–Crippen LogP) is 3.38. The molecule has 0 spiro atoms. The van der Waals surface area contributed by atoms with Gasteiger partial charge >= 0.3 is 6.18 Å². The van der Waals surface area contributed by atoms with Gasteiger partial charge in [0.2, 0.25) is 0 Å². The number of aromatic nitrogens is 2. The van der Waals surface area contributed by atoms with E-state index in [1.54, 1.807) is 0 Å². The quantitative estimate of drug-likeness (QED) is 0.905. The van der Waals surface area contributed by atoms with Crippen LogP contribution in [0.15, 0.2) is 36.4 Å². The SMILES string of the molecule is CC(C)NC(=O)c1ccc(Nc2cccc(C(F)(F)F)c2)nn1. The van der Waals surface area contributed by atoms with Crippen LogP contribution in [-0.4, -0.2) is 22.1 Å². The topological polar surface area (TPSA) is 66.9 Å². The molecule has 0 aliphatic carbocycles. The number of halogens is 3. The van der Waals surface area contributed by atoms with Gasteiger partial charge in [-0.05, 0) is 44.2 Å². The number of amides is 1. The van der Waals surface area contributed by atoms with Crippen LogP contribution in [0.3, 0.4) is 0 Å². The summed E-state index contributed by atoms with van der Waals surface area (Å²) in [7, 11) is 0. The Labute approximate surface area is 130 Å². The van der Waals surface area contributed by atoms with Crippen molar-refractivity contribution in [2.45, 2.75) is 26.1 Å². The van der Waals surface area contributed by atoms with Gasteiger partial charge in [0.05, 0.1) is 5.56 Å². The van der Waals surface area contributed by atoms with Crippen molar-refractivity contribution in [3.05, 3.63) is 47.7 Å². The zero-order valence-corrected chi connectivity index (χ0v) is 12.5. The molecule has 0 aliphatic rings. The fourth-order valence-electron chi connectivity index (χ4n) is 1.78. The molecule has 1 amide bonds. The highest BCUT2D eigenvalue weighted by Gasteiger charge is 2.30. The molecule has 0 saturated carbocycles. The third-order valence-electron chi connectivity index (χ3n) is 2.78. The number of carbonyl (C=O) groups is 1. The van der Waals surface area contributed by atoms with Crippen molar-refractivity contribution >= 4 is 17.4 Å². The number of nitrogens with one attached hydrogen (secondary N) is 2. The summed E-state index contributed by atoms with van der Waals surface area (Å²) in [4.78, 5) is 11.7. The molecule has 0 unspecified atom stereocenters. The number of nitrogens with zero attached hydrogens (tertiary/aromatic N) is 2. The molecule has 1 aromatic carbocycles. The van der Waals surface area contributed by atoms with Crippen LogP contribution >= 0.6 is 0 Å². The molecule has 5 nitrogen and oxygen atoms in total. The van der Waals surface area contributed by atoms with E-state index in [4.69, 9.17) is 0 Å². The van der Waals surface area contributed by atoms with E-state index in [9.17, 15) is 18.0 Å². The van der Waals surface area contributed by atoms with Gasteiger partial charge in [0.15, 0.2) is 11.5 Å². The van der Waals surface area contributed by atoms with E-state index in [0.717, 1.165) is 12.1 Å². The van der Waals surface area contributed by atoms with Crippen molar-refractivity contribution in [1.29, 1.82) is 0 Å². The van der Waals surface area contributed by atoms with Gasteiger partial charge in [-0.15, -0.1) is 10.2 Å². The summed E-state index contributed by atoms with van der Waals surface area (Å²) < 4.78 is 38.0. The van der Waals surface area contributed by atoms with E-state index in [-0.39, 0.29) is 29.1 Å². The number of alkyl halides is 3. The molecule has 2 N–H and O–H groups in total. The van der Waals surface area contributed by atoms with Gasteiger partial charge in [0, 0.05) is 11.7 Å². The number of anilines is 2. The number of hydrogen-bond acceptors (Lipinski definition) is 4. The summed E-state index contributed by atoms with van der Waals surface area (Å²) in [6.45, 7) is 3.63. The lowest BCUT2D eigenvalue weighted by Crippen LogP contribution is -2.30. The maximum absolute atomic E-state index is 12.7. The number of carbonyl (C=O) groups excluding carboxylic acids is 1. The average Bonchev–Trinajstić information content (AvgIpc) is 2.46. The zero-order valence-electron chi connectivity index (χ0n) is 12.5. The minimum Gasteiger partial charge on any atom is -0.348 e. The highest BCUT2D eigenvalue weighted by atomic mass is 19.4. The number of hydrogen-bond donors (Lipinski definition) is 2. The van der Waals surface area contributed by atoms with Crippen molar-refractivity contribution < 1.29 is 18.0 Å². The molecular weight excluding hydrogens is 309 g/mol. The predicted molar refractivity (Wildman–Crippen MR) is 79.4 cm³/mol. The molecule has 8 heteroatoms. The lowest BCUT2D eigenvalue weighted by atomic mass is 10.2. The minimum absolute atomic E-state index is 0.0350. The second-order valence-corrected chi connectivity index (χ2v) is 5.14. The van der Waals surface area contributed by atoms with E-state index < -0.39 is 11.7 Å². The maximum atomic E-state index is 12.7. The van der Waals surface area contributed by atoms with Crippen LogP contribution < -0.4 is 10.6 Å². The zero-order chi connectivity index (χ0) is 17.0. The first-order valence-electron chi connectivity index (χ1n) is 6.84. The molecule has 0 saturated heterocycles. The van der Waals surface area contributed by atoms with Crippen molar-refractivity contribution in [2.24, 2.45) is 0 Å². The minimum atomic E-state index is -4.41. The van der Waals surface area contributed by atoms with E-state index >= 15 is 0 Å². The maximum Gasteiger partial charge on any atom is 0.416 e. The molecule has 1 aromatic heterocycles. The van der Waals surface area contributed by atoms with Gasteiger partial charge in [-0.2, -0.15) is 13.2 Å². The Hall–Kier alpha value is -2.64. The van der Waals surface area contributed by atoms with Gasteiger partial charge in [-0.25, -0.2) is 0 Å². The Morgan fingerprint density at radius 3 is 2.43 bits per heavy atom. The Bertz CT molecular complexity index is 684. The van der Waals surface area contributed by atoms with Crippen LogP contribution in [0.1, 0.15) is 29.9 Å². The van der Waals surface area contributed by atoms with Gasteiger partial charge in [-0.3, -0.25) is 4.79 Å². The second-order valence-electron chi connectivity index (χ2n) is 5.14. The third kappa shape index (κ3) is 4.67. The highest BCUT2D eigenvalue weighted by molar-refractivity contribution is 5.92. The second kappa shape index (κ2) is 6.64. The van der Waals surface area contributed by atoms with Crippen LogP contribution in [0.4, 0.5) is 24.7 Å². The first-order valence-corrected chi connectivity index (χ1v) is 6.84. The van der Waals surface area contributed by atoms with E-state index in [1.807, 2.05) is 13.8 Å². The van der Waals surface area contributed by atoms with E-state index in [0.29, 0.717) is 0 Å². The van der Waals surface area contributed by atoms with Crippen LogP contribution in [0, 0.1) is 0 Å². The molecule has 0 atom stereocenters. The molecule has 0 bridgehead atoms. The number of benzene rings is 1. The van der Waals surface area contributed by atoms with E-state index in [2.05, 4.69) is 20.8 Å². The molecule has 2 rings (SSSR count). The lowest BCUT2D eigenvalue weighted by Gasteiger charge is -2.10. The normalized spacial score (nSPS) is 11.4. The highest BCUT2D eigenvalue weighted by Crippen LogP contribution is 2.31. The monoisotopic (exact) mass is 324 g/mol. The fraction of sp³-hybridized carbons (Fsp3) is 0.267. The Morgan fingerprint density at radius 2 is 1.87 bits per heavy atom. The van der Waals surface area contributed by atoms with Crippen LogP contribution in [0.2, 0.25) is 0 Å². The smallest absolute Gasteiger partial charge is 0.348 e. The Balaban J connectivity index is 2.11. The van der Waals surface area contributed by atoms with Crippen LogP contribution in [0.25, 0.3) is 0 Å². The first kappa shape index (κ1) is 16.7. The summed E-state index contributed by atoms with van der Waals surface area (Å²) in [6.07, 6.45) is -4.41. The molecule has 0 aliphatic heterocycles. The summed E-state index contributed by atoms with van der Waals surface area (Å²) in [5.41, 5.74) is -0.398. The first-order chi connectivity index (χ1) is 10.8. The summed E-state index contributed by atoms with van der Waals surface area (Å²) in [5.74, 6) is -0.122. The Kier molecular flexibility index (Phi) is 4.83. The van der Waals surface area contributed by atoms with Crippen molar-refractivity contribution in [3.63, 3.8) is 0 Å². The van der Waals surface area contributed by atoms with Crippen molar-refractivity contribution in [1.82, 2.24) is 15.5 Å². The van der Waals surface area contributed by atoms with Crippen molar-refractivity contribution in [3.8, 4) is 0 Å². The average molecular weight is 324 g/mol. The summed E-state index contributed by atoms with van der Waals surface area (Å²) in [6, 6.07) is 7.62. The Morgan fingerprint density at radius 1 is 1.13 bits per heavy atom. The molecule has 0 fully saturated rings. The molecule has 2 aromatic rings. The lowest BCUT2D eigenvalue weighted by molar-refractivity contribution is -0.137. The van der Waals surface area contributed by atoms with Crippen LogP contribution in [-0.2, 0) is 6.18 Å². The molecule has 122 valence electrons. The van der Waals surface area contributed by atoms with Crippen molar-refractivity contribution in [2.75, 3.05) is 5.32 Å². The largest absolute Gasteiger partial charge is 0.416 e. The van der Waals surface area contributed by atoms with Gasteiger partial charge in [0.25, 0.3) is 5.91 Å². The standard InChI is InChI=1S/C15H15F3N4O/c1-9(2)19-14(23)12-6-7-13(22-21-12)20-11-5-3-4-10(8-11)15(16,17)18/h3-9H,1-2H3,(H,19,23)(H,20,22). The molecule has 23 heavy (non-hydrogen) atoms. The molecule has 1 heterocycles. The van der Waals surface area contributed by atoms with Gasteiger partial charge in [-0.1, -0.05) is 6.07 Å². The molecular formula is C15H15F3N4O. The third-order valence-corrected chi connectivity index (χ3v) is 2.78. The fourth-order valence-corrected chi connectivity index (χ4v) is 1.78. The van der Waals surface area contributed by atoms with Gasteiger partial charge < -0.3 is 10.6 Å². The van der Waals surface area contributed by atoms with E-state index in [1.165, 1.54) is 24.3 Å². The van der Waals surface area contributed by atoms with Gasteiger partial charge in [0.1, 0.15) is 0 Å². The molecule has 0 radical (unpaired) electrons. The van der Waals surface area contributed by atoms with Crippen LogP contribution in [0.5, 0.6) is 0 Å². The number of rotatable bonds is 4.